The largest absolute Gasteiger partial charge is 0.465 e. The highest BCUT2D eigenvalue weighted by molar-refractivity contribution is 5.92. The molecule has 5 nitrogen and oxygen atoms in total. The zero-order valence-corrected chi connectivity index (χ0v) is 15.0. The topological polar surface area (TPSA) is 58.6 Å². The van der Waals surface area contributed by atoms with Gasteiger partial charge in [0.15, 0.2) is 0 Å². The molecule has 1 aliphatic heterocycles. The monoisotopic (exact) mass is 352 g/mol. The standard InChI is InChI=1S/C21H24N2O3/c1-26-20(24)18-7-9-19(10-8-18)22-21(25)23-13-11-17(12-14-23)15-16-5-3-2-4-6-16/h2-10,17H,11-15H2,1H3,(H,22,25). The van der Waals surface area contributed by atoms with Crippen LogP contribution in [0.3, 0.4) is 0 Å². The van der Waals surface area contributed by atoms with Gasteiger partial charge < -0.3 is 15.0 Å². The van der Waals surface area contributed by atoms with E-state index in [2.05, 4.69) is 34.3 Å². The summed E-state index contributed by atoms with van der Waals surface area (Å²) >= 11 is 0. The van der Waals surface area contributed by atoms with E-state index in [0.29, 0.717) is 17.2 Å². The van der Waals surface area contributed by atoms with E-state index in [0.717, 1.165) is 32.4 Å². The molecule has 2 aromatic rings. The lowest BCUT2D eigenvalue weighted by Crippen LogP contribution is -2.41. The molecule has 0 aromatic heterocycles. The third-order valence-electron chi connectivity index (χ3n) is 4.83. The van der Waals surface area contributed by atoms with Crippen LogP contribution >= 0.6 is 0 Å². The number of likely N-dealkylation sites (tertiary alicyclic amines) is 1. The van der Waals surface area contributed by atoms with E-state index in [-0.39, 0.29) is 12.0 Å². The summed E-state index contributed by atoms with van der Waals surface area (Å²) in [6, 6.07) is 17.1. The molecule has 136 valence electrons. The predicted octanol–water partition coefficient (Wildman–Crippen LogP) is 3.96. The maximum Gasteiger partial charge on any atom is 0.337 e. The molecule has 3 rings (SSSR count). The zero-order valence-electron chi connectivity index (χ0n) is 15.0. The van der Waals surface area contributed by atoms with Crippen molar-refractivity contribution in [3.8, 4) is 0 Å². The smallest absolute Gasteiger partial charge is 0.337 e. The van der Waals surface area contributed by atoms with E-state index < -0.39 is 0 Å². The number of hydrogen-bond donors (Lipinski definition) is 1. The van der Waals surface area contributed by atoms with Gasteiger partial charge in [-0.1, -0.05) is 30.3 Å². The third kappa shape index (κ3) is 4.63. The van der Waals surface area contributed by atoms with Crippen LogP contribution in [0.15, 0.2) is 54.6 Å². The number of piperidine rings is 1. The number of urea groups is 1. The van der Waals surface area contributed by atoms with Crippen molar-refractivity contribution < 1.29 is 14.3 Å². The number of nitrogens with one attached hydrogen (secondary N) is 1. The number of carbonyl (C=O) groups is 2. The number of methoxy groups -OCH3 is 1. The summed E-state index contributed by atoms with van der Waals surface area (Å²) in [5, 5.41) is 2.90. The van der Waals surface area contributed by atoms with Crippen LogP contribution in [-0.4, -0.2) is 37.1 Å². The summed E-state index contributed by atoms with van der Waals surface area (Å²) in [4.78, 5) is 25.7. The normalized spacial score (nSPS) is 14.7. The number of carbonyl (C=O) groups excluding carboxylic acids is 2. The molecule has 1 saturated heterocycles. The van der Waals surface area contributed by atoms with Gasteiger partial charge >= 0.3 is 12.0 Å². The van der Waals surface area contributed by atoms with Gasteiger partial charge in [0, 0.05) is 18.8 Å². The third-order valence-corrected chi connectivity index (χ3v) is 4.83. The summed E-state index contributed by atoms with van der Waals surface area (Å²) < 4.78 is 4.67. The summed E-state index contributed by atoms with van der Waals surface area (Å²) in [5.74, 6) is 0.240. The van der Waals surface area contributed by atoms with Crippen molar-refractivity contribution in [3.63, 3.8) is 0 Å². The molecule has 0 aliphatic carbocycles. The van der Waals surface area contributed by atoms with Crippen LogP contribution in [0.25, 0.3) is 0 Å². The van der Waals surface area contributed by atoms with E-state index >= 15 is 0 Å². The average Bonchev–Trinajstić information content (AvgIpc) is 2.69. The maximum absolute atomic E-state index is 12.4. The first-order valence-corrected chi connectivity index (χ1v) is 8.94. The summed E-state index contributed by atoms with van der Waals surface area (Å²) in [6.07, 6.45) is 3.11. The first-order chi connectivity index (χ1) is 12.7. The molecule has 2 amide bonds. The number of anilines is 1. The number of esters is 1. The van der Waals surface area contributed by atoms with Gasteiger partial charge in [0.1, 0.15) is 0 Å². The van der Waals surface area contributed by atoms with Crippen LogP contribution in [0.4, 0.5) is 10.5 Å². The molecule has 1 heterocycles. The van der Waals surface area contributed by atoms with Crippen LogP contribution in [0, 0.1) is 5.92 Å². The Labute approximate surface area is 154 Å². The minimum atomic E-state index is -0.386. The first kappa shape index (κ1) is 18.0. The summed E-state index contributed by atoms with van der Waals surface area (Å²) in [6.45, 7) is 1.53. The van der Waals surface area contributed by atoms with Crippen molar-refractivity contribution in [2.45, 2.75) is 19.3 Å². The van der Waals surface area contributed by atoms with E-state index in [9.17, 15) is 9.59 Å². The molecule has 5 heteroatoms. The SMILES string of the molecule is COC(=O)c1ccc(NC(=O)N2CCC(Cc3ccccc3)CC2)cc1. The quantitative estimate of drug-likeness (QED) is 0.848. The van der Waals surface area contributed by atoms with Crippen molar-refractivity contribution in [3.05, 3.63) is 65.7 Å². The Kier molecular flexibility index (Phi) is 5.89. The number of hydrogen-bond acceptors (Lipinski definition) is 3. The van der Waals surface area contributed by atoms with E-state index in [1.165, 1.54) is 12.7 Å². The highest BCUT2D eigenvalue weighted by Crippen LogP contribution is 2.22. The van der Waals surface area contributed by atoms with Crippen LogP contribution in [0.5, 0.6) is 0 Å². The van der Waals surface area contributed by atoms with Gasteiger partial charge in [0.25, 0.3) is 0 Å². The predicted molar refractivity (Wildman–Crippen MR) is 101 cm³/mol. The fraction of sp³-hybridized carbons (Fsp3) is 0.333. The first-order valence-electron chi connectivity index (χ1n) is 8.94. The van der Waals surface area contributed by atoms with Crippen LogP contribution in [-0.2, 0) is 11.2 Å². The second kappa shape index (κ2) is 8.52. The van der Waals surface area contributed by atoms with E-state index in [1.807, 2.05) is 11.0 Å². The second-order valence-electron chi connectivity index (χ2n) is 6.62. The van der Waals surface area contributed by atoms with Crippen LogP contribution in [0.1, 0.15) is 28.8 Å². The molecule has 0 saturated carbocycles. The molecule has 1 fully saturated rings. The Bertz CT molecular complexity index is 736. The molecule has 1 aliphatic rings. The minimum absolute atomic E-state index is 0.0889. The van der Waals surface area contributed by atoms with Crippen LogP contribution in [0.2, 0.25) is 0 Å². The molecule has 0 atom stereocenters. The maximum atomic E-state index is 12.4. The fourth-order valence-corrected chi connectivity index (χ4v) is 3.30. The number of amides is 2. The number of benzene rings is 2. The molecular weight excluding hydrogens is 328 g/mol. The highest BCUT2D eigenvalue weighted by atomic mass is 16.5. The summed E-state index contributed by atoms with van der Waals surface area (Å²) in [7, 11) is 1.35. The van der Waals surface area contributed by atoms with Gasteiger partial charge in [-0.05, 0) is 55.0 Å². The molecule has 2 aromatic carbocycles. The molecule has 0 unspecified atom stereocenters. The van der Waals surface area contributed by atoms with Crippen LogP contribution < -0.4 is 5.32 Å². The summed E-state index contributed by atoms with van der Waals surface area (Å²) in [5.41, 5.74) is 2.50. The molecule has 0 bridgehead atoms. The Balaban J connectivity index is 1.48. The van der Waals surface area contributed by atoms with Crippen molar-refractivity contribution in [2.24, 2.45) is 5.92 Å². The van der Waals surface area contributed by atoms with E-state index in [4.69, 9.17) is 0 Å². The Hall–Kier alpha value is -2.82. The molecule has 1 N–H and O–H groups in total. The Morgan fingerprint density at radius 3 is 2.31 bits per heavy atom. The van der Waals surface area contributed by atoms with Crippen molar-refractivity contribution >= 4 is 17.7 Å². The number of rotatable bonds is 4. The molecule has 0 radical (unpaired) electrons. The van der Waals surface area contributed by atoms with Gasteiger partial charge in [0.05, 0.1) is 12.7 Å². The van der Waals surface area contributed by atoms with Gasteiger partial charge in [-0.2, -0.15) is 0 Å². The van der Waals surface area contributed by atoms with Gasteiger partial charge in [-0.3, -0.25) is 0 Å². The van der Waals surface area contributed by atoms with Crippen molar-refractivity contribution in [1.29, 1.82) is 0 Å². The lowest BCUT2D eigenvalue weighted by molar-refractivity contribution is 0.0600. The zero-order chi connectivity index (χ0) is 18.4. The van der Waals surface area contributed by atoms with E-state index in [1.54, 1.807) is 24.3 Å². The van der Waals surface area contributed by atoms with Crippen molar-refractivity contribution in [2.75, 3.05) is 25.5 Å². The molecule has 0 spiro atoms. The number of ether oxygens (including phenoxy) is 1. The van der Waals surface area contributed by atoms with Gasteiger partial charge in [0.2, 0.25) is 0 Å². The number of nitrogens with zero attached hydrogens (tertiary/aromatic N) is 1. The van der Waals surface area contributed by atoms with Gasteiger partial charge in [-0.15, -0.1) is 0 Å². The lowest BCUT2D eigenvalue weighted by Gasteiger charge is -2.32. The molecule has 26 heavy (non-hydrogen) atoms. The Morgan fingerprint density at radius 1 is 1.04 bits per heavy atom. The molecular formula is C21H24N2O3. The highest BCUT2D eigenvalue weighted by Gasteiger charge is 2.23. The second-order valence-corrected chi connectivity index (χ2v) is 6.62. The minimum Gasteiger partial charge on any atom is -0.465 e. The fourth-order valence-electron chi connectivity index (χ4n) is 3.30. The van der Waals surface area contributed by atoms with Crippen molar-refractivity contribution in [1.82, 2.24) is 4.90 Å². The Morgan fingerprint density at radius 2 is 1.69 bits per heavy atom. The average molecular weight is 352 g/mol. The van der Waals surface area contributed by atoms with Gasteiger partial charge in [-0.25, -0.2) is 9.59 Å². The lowest BCUT2D eigenvalue weighted by atomic mass is 9.90.